The van der Waals surface area contributed by atoms with Crippen molar-refractivity contribution in [2.75, 3.05) is 32.1 Å². The molecule has 0 aliphatic carbocycles. The zero-order chi connectivity index (χ0) is 22.1. The zero-order valence-corrected chi connectivity index (χ0v) is 19.0. The summed E-state index contributed by atoms with van der Waals surface area (Å²) in [6, 6.07) is 20.9. The van der Waals surface area contributed by atoms with E-state index in [-0.39, 0.29) is 0 Å². The number of anilines is 1. The summed E-state index contributed by atoms with van der Waals surface area (Å²) in [4.78, 5) is 8.15. The first-order valence-corrected chi connectivity index (χ1v) is 11.2. The van der Waals surface area contributed by atoms with Crippen LogP contribution in [-0.2, 0) is 6.42 Å². The smallest absolute Gasteiger partial charge is 0.247 e. The summed E-state index contributed by atoms with van der Waals surface area (Å²) >= 11 is 5.98. The van der Waals surface area contributed by atoms with Gasteiger partial charge < -0.3 is 19.2 Å². The molecule has 0 radical (unpaired) electrons. The number of benzene rings is 2. The Bertz CT molecular complexity index is 1180. The third-order valence-corrected chi connectivity index (χ3v) is 6.34. The lowest BCUT2D eigenvalue weighted by molar-refractivity contribution is 0.315. The van der Waals surface area contributed by atoms with Crippen molar-refractivity contribution in [1.82, 2.24) is 20.1 Å². The molecule has 7 heteroatoms. The van der Waals surface area contributed by atoms with Gasteiger partial charge in [0.15, 0.2) is 0 Å². The van der Waals surface area contributed by atoms with Crippen LogP contribution in [0.2, 0.25) is 5.02 Å². The fourth-order valence-corrected chi connectivity index (χ4v) is 4.28. The van der Waals surface area contributed by atoms with E-state index in [2.05, 4.69) is 63.3 Å². The third kappa shape index (κ3) is 4.42. The Balaban J connectivity index is 1.25. The summed E-state index contributed by atoms with van der Waals surface area (Å²) in [5.74, 6) is 1.13. The first kappa shape index (κ1) is 20.8. The molecule has 1 saturated heterocycles. The fraction of sp³-hybridized carbons (Fsp3) is 0.280. The highest BCUT2D eigenvalue weighted by Gasteiger charge is 2.24. The van der Waals surface area contributed by atoms with Crippen molar-refractivity contribution in [3.63, 3.8) is 0 Å². The standard InChI is InChI=1S/C25H26ClN5O/c1-30(2)22-13-14-31(16-22)21-10-5-18(6-11-21)25-29-28-24(32-25)15-20-9-12-23(27-20)17-3-7-19(26)8-4-17/h3-12,22,27H,13-16H2,1-2H3. The summed E-state index contributed by atoms with van der Waals surface area (Å²) in [6.45, 7) is 2.15. The molecule has 32 heavy (non-hydrogen) atoms. The molecule has 4 aromatic rings. The van der Waals surface area contributed by atoms with Gasteiger partial charge in [-0.25, -0.2) is 0 Å². The number of hydrogen-bond donors (Lipinski definition) is 1. The molecule has 0 saturated carbocycles. The summed E-state index contributed by atoms with van der Waals surface area (Å²) in [5, 5.41) is 9.22. The van der Waals surface area contributed by atoms with Crippen LogP contribution in [0.3, 0.4) is 0 Å². The van der Waals surface area contributed by atoms with Gasteiger partial charge in [-0.3, -0.25) is 0 Å². The van der Waals surface area contributed by atoms with Gasteiger partial charge in [0.2, 0.25) is 11.8 Å². The number of halogens is 1. The molecule has 2 aromatic carbocycles. The van der Waals surface area contributed by atoms with Gasteiger partial charge in [0, 0.05) is 46.8 Å². The van der Waals surface area contributed by atoms with Crippen LogP contribution in [0.15, 0.2) is 65.1 Å². The predicted molar refractivity (Wildman–Crippen MR) is 128 cm³/mol. The van der Waals surface area contributed by atoms with Crippen LogP contribution >= 0.6 is 11.6 Å². The normalized spacial score (nSPS) is 16.2. The Morgan fingerprint density at radius 3 is 2.47 bits per heavy atom. The molecule has 0 bridgehead atoms. The van der Waals surface area contributed by atoms with E-state index in [1.165, 1.54) is 12.1 Å². The molecule has 1 aliphatic heterocycles. The van der Waals surface area contributed by atoms with Crippen LogP contribution < -0.4 is 4.90 Å². The molecule has 0 amide bonds. The molecule has 1 N–H and O–H groups in total. The van der Waals surface area contributed by atoms with Crippen LogP contribution in [0.5, 0.6) is 0 Å². The van der Waals surface area contributed by atoms with E-state index in [1.54, 1.807) is 0 Å². The Labute approximate surface area is 192 Å². The lowest BCUT2D eigenvalue weighted by Gasteiger charge is -2.21. The van der Waals surface area contributed by atoms with Gasteiger partial charge >= 0.3 is 0 Å². The van der Waals surface area contributed by atoms with Crippen LogP contribution in [0, 0.1) is 0 Å². The van der Waals surface area contributed by atoms with E-state index in [1.807, 2.05) is 36.4 Å². The molecule has 1 aliphatic rings. The monoisotopic (exact) mass is 447 g/mol. The van der Waals surface area contributed by atoms with Crippen LogP contribution in [-0.4, -0.2) is 53.3 Å². The van der Waals surface area contributed by atoms with Gasteiger partial charge in [0.25, 0.3) is 0 Å². The number of nitrogens with zero attached hydrogens (tertiary/aromatic N) is 4. The van der Waals surface area contributed by atoms with Gasteiger partial charge in [-0.1, -0.05) is 23.7 Å². The van der Waals surface area contributed by atoms with Crippen molar-refractivity contribution in [3.8, 4) is 22.7 Å². The average molecular weight is 448 g/mol. The first-order valence-electron chi connectivity index (χ1n) is 10.8. The fourth-order valence-electron chi connectivity index (χ4n) is 4.16. The number of H-pyrrole nitrogens is 1. The van der Waals surface area contributed by atoms with Crippen molar-refractivity contribution in [3.05, 3.63) is 77.3 Å². The van der Waals surface area contributed by atoms with E-state index in [0.29, 0.717) is 24.2 Å². The van der Waals surface area contributed by atoms with Crippen molar-refractivity contribution < 1.29 is 4.42 Å². The SMILES string of the molecule is CN(C)C1CCN(c2ccc(-c3nnc(Cc4ccc(-c5ccc(Cl)cc5)[nH]4)o3)cc2)C1. The maximum atomic E-state index is 5.98. The van der Waals surface area contributed by atoms with Gasteiger partial charge in [-0.2, -0.15) is 0 Å². The van der Waals surface area contributed by atoms with E-state index < -0.39 is 0 Å². The zero-order valence-electron chi connectivity index (χ0n) is 18.3. The third-order valence-electron chi connectivity index (χ3n) is 6.08. The molecule has 6 nitrogen and oxygen atoms in total. The molecule has 2 aromatic heterocycles. The molecule has 3 heterocycles. The van der Waals surface area contributed by atoms with Crippen LogP contribution in [0.25, 0.3) is 22.7 Å². The minimum Gasteiger partial charge on any atom is -0.420 e. The highest BCUT2D eigenvalue weighted by Crippen LogP contribution is 2.27. The number of nitrogens with one attached hydrogen (secondary N) is 1. The minimum absolute atomic E-state index is 0.545. The summed E-state index contributed by atoms with van der Waals surface area (Å²) in [7, 11) is 4.30. The van der Waals surface area contributed by atoms with E-state index in [0.717, 1.165) is 40.6 Å². The first-order chi connectivity index (χ1) is 15.5. The molecule has 164 valence electrons. The Morgan fingerprint density at radius 2 is 1.75 bits per heavy atom. The number of likely N-dealkylation sites (N-methyl/N-ethyl adjacent to an activating group) is 1. The quantitative estimate of drug-likeness (QED) is 0.444. The second-order valence-corrected chi connectivity index (χ2v) is 8.92. The number of aromatic amines is 1. The minimum atomic E-state index is 0.545. The van der Waals surface area contributed by atoms with Crippen LogP contribution in [0.1, 0.15) is 18.0 Å². The molecule has 1 unspecified atom stereocenters. The molecular formula is C25H26ClN5O. The summed E-state index contributed by atoms with van der Waals surface area (Å²) < 4.78 is 5.94. The largest absolute Gasteiger partial charge is 0.420 e. The second-order valence-electron chi connectivity index (χ2n) is 8.48. The average Bonchev–Trinajstić information content (AvgIpc) is 3.56. The lowest BCUT2D eigenvalue weighted by Crippen LogP contribution is -2.31. The maximum absolute atomic E-state index is 5.98. The van der Waals surface area contributed by atoms with E-state index >= 15 is 0 Å². The highest BCUT2D eigenvalue weighted by atomic mass is 35.5. The lowest BCUT2D eigenvalue weighted by atomic mass is 10.2. The maximum Gasteiger partial charge on any atom is 0.247 e. The summed E-state index contributed by atoms with van der Waals surface area (Å²) in [5.41, 5.74) is 5.31. The van der Waals surface area contributed by atoms with Gasteiger partial charge in [-0.15, -0.1) is 10.2 Å². The highest BCUT2D eigenvalue weighted by molar-refractivity contribution is 6.30. The van der Waals surface area contributed by atoms with Gasteiger partial charge in [0.1, 0.15) is 0 Å². The molecule has 1 atom stereocenters. The molecular weight excluding hydrogens is 422 g/mol. The number of rotatable bonds is 6. The van der Waals surface area contributed by atoms with Gasteiger partial charge in [-0.05, 0) is 74.6 Å². The van der Waals surface area contributed by atoms with Crippen molar-refractivity contribution in [1.29, 1.82) is 0 Å². The van der Waals surface area contributed by atoms with Crippen molar-refractivity contribution in [2.24, 2.45) is 0 Å². The summed E-state index contributed by atoms with van der Waals surface area (Å²) in [6.07, 6.45) is 1.75. The Kier molecular flexibility index (Phi) is 5.72. The second kappa shape index (κ2) is 8.81. The van der Waals surface area contributed by atoms with Gasteiger partial charge in [0.05, 0.1) is 6.42 Å². The number of hydrogen-bond acceptors (Lipinski definition) is 5. The number of aromatic nitrogens is 3. The molecule has 1 fully saturated rings. The van der Waals surface area contributed by atoms with E-state index in [9.17, 15) is 0 Å². The molecule has 5 rings (SSSR count). The molecule has 0 spiro atoms. The van der Waals surface area contributed by atoms with E-state index in [4.69, 9.17) is 16.0 Å². The van der Waals surface area contributed by atoms with Crippen molar-refractivity contribution in [2.45, 2.75) is 18.9 Å². The Morgan fingerprint density at radius 1 is 1.00 bits per heavy atom. The predicted octanol–water partition coefficient (Wildman–Crippen LogP) is 5.12. The van der Waals surface area contributed by atoms with Crippen molar-refractivity contribution >= 4 is 17.3 Å². The topological polar surface area (TPSA) is 61.2 Å². The Hall–Kier alpha value is -3.09. The van der Waals surface area contributed by atoms with Crippen LogP contribution in [0.4, 0.5) is 5.69 Å².